The van der Waals surface area contributed by atoms with E-state index in [0.29, 0.717) is 18.0 Å². The van der Waals surface area contributed by atoms with Gasteiger partial charge in [-0.25, -0.2) is 0 Å². The maximum atomic E-state index is 12.1. The highest BCUT2D eigenvalue weighted by atomic mass is 16.3. The predicted octanol–water partition coefficient (Wildman–Crippen LogP) is 1.23. The van der Waals surface area contributed by atoms with Gasteiger partial charge in [-0.2, -0.15) is 0 Å². The third kappa shape index (κ3) is 2.64. The lowest BCUT2D eigenvalue weighted by Crippen LogP contribution is -2.39. The van der Waals surface area contributed by atoms with Crippen molar-refractivity contribution < 1.29 is 9.90 Å². The molecule has 0 unspecified atom stereocenters. The van der Waals surface area contributed by atoms with Crippen LogP contribution in [0.25, 0.3) is 0 Å². The van der Waals surface area contributed by atoms with E-state index in [1.807, 2.05) is 6.92 Å². The number of nitrogens with zero attached hydrogens (tertiary/aromatic N) is 2. The molecule has 0 aliphatic heterocycles. The van der Waals surface area contributed by atoms with E-state index in [1.54, 1.807) is 30.3 Å². The molecule has 1 N–H and O–H groups in total. The predicted molar refractivity (Wildman–Crippen MR) is 64.7 cm³/mol. The van der Waals surface area contributed by atoms with Gasteiger partial charge >= 0.3 is 0 Å². The lowest BCUT2D eigenvalue weighted by Gasteiger charge is -2.34. The van der Waals surface area contributed by atoms with Gasteiger partial charge in [0.25, 0.3) is 5.91 Å². The van der Waals surface area contributed by atoms with Gasteiger partial charge in [-0.1, -0.05) is 0 Å². The minimum atomic E-state index is -0.163. The monoisotopic (exact) mass is 234 g/mol. The highest BCUT2D eigenvalue weighted by molar-refractivity contribution is 5.95. The number of aliphatic hydroxyl groups is 1. The third-order valence-corrected chi connectivity index (χ3v) is 3.33. The first-order chi connectivity index (χ1) is 8.08. The molecule has 2 rings (SSSR count). The molecular weight excluding hydrogens is 216 g/mol. The molecule has 0 spiro atoms. The Labute approximate surface area is 101 Å². The Hall–Kier alpha value is -1.42. The van der Waals surface area contributed by atoms with E-state index in [0.717, 1.165) is 18.5 Å². The van der Waals surface area contributed by atoms with E-state index in [1.165, 1.54) is 0 Å². The Morgan fingerprint density at radius 1 is 1.59 bits per heavy atom. The van der Waals surface area contributed by atoms with Crippen molar-refractivity contribution in [2.75, 3.05) is 13.6 Å². The van der Waals surface area contributed by atoms with E-state index in [4.69, 9.17) is 0 Å². The summed E-state index contributed by atoms with van der Waals surface area (Å²) in [6.45, 7) is 2.55. The molecule has 1 aliphatic rings. The number of aromatic nitrogens is 1. The SMILES string of the molecule is Cc1ncccc1C(=O)N(C)CC1CC(O)C1. The Bertz CT molecular complexity index is 414. The number of rotatable bonds is 3. The van der Waals surface area contributed by atoms with E-state index in [9.17, 15) is 9.90 Å². The van der Waals surface area contributed by atoms with Crippen LogP contribution < -0.4 is 0 Å². The summed E-state index contributed by atoms with van der Waals surface area (Å²) in [5.41, 5.74) is 1.42. The van der Waals surface area contributed by atoms with Gasteiger partial charge in [-0.3, -0.25) is 9.78 Å². The number of carbonyl (C=O) groups is 1. The first-order valence-electron chi connectivity index (χ1n) is 5.93. The van der Waals surface area contributed by atoms with Crippen LogP contribution in [0, 0.1) is 12.8 Å². The van der Waals surface area contributed by atoms with Crippen LogP contribution in [0.1, 0.15) is 28.9 Å². The average molecular weight is 234 g/mol. The van der Waals surface area contributed by atoms with Crippen molar-refractivity contribution in [1.29, 1.82) is 0 Å². The van der Waals surface area contributed by atoms with Gasteiger partial charge in [0.1, 0.15) is 0 Å². The Morgan fingerprint density at radius 2 is 2.29 bits per heavy atom. The van der Waals surface area contributed by atoms with Gasteiger partial charge in [0.2, 0.25) is 0 Å². The quantitative estimate of drug-likeness (QED) is 0.856. The minimum absolute atomic E-state index is 0.0111. The van der Waals surface area contributed by atoms with Crippen molar-refractivity contribution in [3.8, 4) is 0 Å². The fraction of sp³-hybridized carbons (Fsp3) is 0.538. The zero-order chi connectivity index (χ0) is 12.4. The minimum Gasteiger partial charge on any atom is -0.393 e. The molecule has 4 heteroatoms. The highest BCUT2D eigenvalue weighted by Gasteiger charge is 2.29. The number of aryl methyl sites for hydroxylation is 1. The lowest BCUT2D eigenvalue weighted by atomic mass is 9.82. The summed E-state index contributed by atoms with van der Waals surface area (Å²) in [6, 6.07) is 3.58. The molecule has 0 saturated heterocycles. The molecular formula is C13H18N2O2. The van der Waals surface area contributed by atoms with Crippen molar-refractivity contribution in [3.05, 3.63) is 29.6 Å². The molecule has 4 nitrogen and oxygen atoms in total. The van der Waals surface area contributed by atoms with Gasteiger partial charge in [-0.15, -0.1) is 0 Å². The summed E-state index contributed by atoms with van der Waals surface area (Å²) in [4.78, 5) is 18.0. The Morgan fingerprint density at radius 3 is 2.88 bits per heavy atom. The van der Waals surface area contributed by atoms with Crippen LogP contribution in [0.3, 0.4) is 0 Å². The maximum absolute atomic E-state index is 12.1. The van der Waals surface area contributed by atoms with E-state index < -0.39 is 0 Å². The number of amides is 1. The fourth-order valence-electron chi connectivity index (χ4n) is 2.24. The summed E-state index contributed by atoms with van der Waals surface area (Å²) in [7, 11) is 1.81. The standard InChI is InChI=1S/C13H18N2O2/c1-9-12(4-3-5-14-9)13(17)15(2)8-10-6-11(16)7-10/h3-5,10-11,16H,6-8H2,1-2H3. The summed E-state index contributed by atoms with van der Waals surface area (Å²) >= 11 is 0. The van der Waals surface area contributed by atoms with Crippen molar-refractivity contribution in [1.82, 2.24) is 9.88 Å². The molecule has 1 saturated carbocycles. The van der Waals surface area contributed by atoms with Crippen LogP contribution in [0.15, 0.2) is 18.3 Å². The number of pyridine rings is 1. The van der Waals surface area contributed by atoms with Crippen LogP contribution in [0.4, 0.5) is 0 Å². The molecule has 0 bridgehead atoms. The molecule has 1 aliphatic carbocycles. The molecule has 17 heavy (non-hydrogen) atoms. The second kappa shape index (κ2) is 4.84. The molecule has 1 heterocycles. The van der Waals surface area contributed by atoms with Crippen LogP contribution >= 0.6 is 0 Å². The second-order valence-electron chi connectivity index (χ2n) is 4.81. The van der Waals surface area contributed by atoms with Crippen LogP contribution in [-0.4, -0.2) is 40.6 Å². The lowest BCUT2D eigenvalue weighted by molar-refractivity contribution is 0.0265. The summed E-state index contributed by atoms with van der Waals surface area (Å²) in [5.74, 6) is 0.452. The van der Waals surface area contributed by atoms with Crippen molar-refractivity contribution in [2.45, 2.75) is 25.9 Å². The van der Waals surface area contributed by atoms with Crippen LogP contribution in [0.2, 0.25) is 0 Å². The average Bonchev–Trinajstić information content (AvgIpc) is 2.26. The van der Waals surface area contributed by atoms with E-state index in [-0.39, 0.29) is 12.0 Å². The van der Waals surface area contributed by atoms with Crippen molar-refractivity contribution >= 4 is 5.91 Å². The molecule has 1 aromatic rings. The topological polar surface area (TPSA) is 53.4 Å². The molecule has 92 valence electrons. The van der Waals surface area contributed by atoms with Crippen molar-refractivity contribution in [2.24, 2.45) is 5.92 Å². The van der Waals surface area contributed by atoms with Crippen LogP contribution in [-0.2, 0) is 0 Å². The zero-order valence-corrected chi connectivity index (χ0v) is 10.3. The van der Waals surface area contributed by atoms with E-state index >= 15 is 0 Å². The zero-order valence-electron chi connectivity index (χ0n) is 10.3. The molecule has 1 amide bonds. The van der Waals surface area contributed by atoms with Gasteiger partial charge in [0, 0.05) is 25.5 Å². The molecule has 1 fully saturated rings. The Balaban J connectivity index is 1.97. The first-order valence-corrected chi connectivity index (χ1v) is 5.93. The molecule has 1 aromatic heterocycles. The number of aliphatic hydroxyl groups excluding tert-OH is 1. The number of carbonyl (C=O) groups excluding carboxylic acids is 1. The molecule has 0 radical (unpaired) electrons. The summed E-state index contributed by atoms with van der Waals surface area (Å²) < 4.78 is 0. The summed E-state index contributed by atoms with van der Waals surface area (Å²) in [6.07, 6.45) is 3.14. The fourth-order valence-corrected chi connectivity index (χ4v) is 2.24. The smallest absolute Gasteiger partial charge is 0.255 e. The van der Waals surface area contributed by atoms with E-state index in [2.05, 4.69) is 4.98 Å². The third-order valence-electron chi connectivity index (χ3n) is 3.33. The molecule has 0 atom stereocenters. The van der Waals surface area contributed by atoms with Crippen molar-refractivity contribution in [3.63, 3.8) is 0 Å². The van der Waals surface area contributed by atoms with Gasteiger partial charge in [-0.05, 0) is 37.8 Å². The normalized spacial score (nSPS) is 23.0. The Kier molecular flexibility index (Phi) is 3.43. The van der Waals surface area contributed by atoms with Gasteiger partial charge in [0.15, 0.2) is 0 Å². The maximum Gasteiger partial charge on any atom is 0.255 e. The first kappa shape index (κ1) is 12.0. The number of hydrogen-bond donors (Lipinski definition) is 1. The second-order valence-corrected chi connectivity index (χ2v) is 4.81. The largest absolute Gasteiger partial charge is 0.393 e. The molecule has 0 aromatic carbocycles. The number of hydrogen-bond acceptors (Lipinski definition) is 3. The van der Waals surface area contributed by atoms with Gasteiger partial charge < -0.3 is 10.0 Å². The summed E-state index contributed by atoms with van der Waals surface area (Å²) in [5, 5.41) is 9.22. The highest BCUT2D eigenvalue weighted by Crippen LogP contribution is 2.27. The van der Waals surface area contributed by atoms with Gasteiger partial charge in [0.05, 0.1) is 11.7 Å². The van der Waals surface area contributed by atoms with Crippen LogP contribution in [0.5, 0.6) is 0 Å².